The highest BCUT2D eigenvalue weighted by atomic mass is 16.5. The molecular weight excluding hydrogens is 300 g/mol. The maximum atomic E-state index is 5.94. The Morgan fingerprint density at radius 3 is 2.00 bits per heavy atom. The normalized spacial score (nSPS) is 10.5. The van der Waals surface area contributed by atoms with Gasteiger partial charge in [0.1, 0.15) is 5.75 Å². The summed E-state index contributed by atoms with van der Waals surface area (Å²) in [4.78, 5) is 0. The molecule has 0 aliphatic carbocycles. The number of ether oxygens (including phenoxy) is 3. The van der Waals surface area contributed by atoms with Crippen molar-refractivity contribution in [2.75, 3.05) is 20.3 Å². The number of para-hydroxylation sites is 2. The monoisotopic (exact) mass is 322 g/mol. The van der Waals surface area contributed by atoms with Crippen LogP contribution >= 0.6 is 0 Å². The van der Waals surface area contributed by atoms with Crippen LogP contribution in [0.5, 0.6) is 17.2 Å². The Labute approximate surface area is 142 Å². The summed E-state index contributed by atoms with van der Waals surface area (Å²) in [7, 11) is 1.65. The van der Waals surface area contributed by atoms with Crippen molar-refractivity contribution in [1.29, 1.82) is 0 Å². The van der Waals surface area contributed by atoms with Crippen molar-refractivity contribution < 1.29 is 14.2 Å². The van der Waals surface area contributed by atoms with Gasteiger partial charge in [-0.05, 0) is 36.4 Å². The van der Waals surface area contributed by atoms with Gasteiger partial charge in [-0.1, -0.05) is 48.5 Å². The molecule has 0 saturated heterocycles. The first-order valence-electron chi connectivity index (χ1n) is 8.25. The Balaban J connectivity index is 1.44. The molecule has 0 spiro atoms. The average Bonchev–Trinajstić information content (AvgIpc) is 2.65. The summed E-state index contributed by atoms with van der Waals surface area (Å²) in [5, 5.41) is 2.36. The molecule has 0 radical (unpaired) electrons. The van der Waals surface area contributed by atoms with Crippen LogP contribution in [0.3, 0.4) is 0 Å². The van der Waals surface area contributed by atoms with Gasteiger partial charge in [-0.15, -0.1) is 0 Å². The van der Waals surface area contributed by atoms with Crippen molar-refractivity contribution in [1.82, 2.24) is 0 Å². The van der Waals surface area contributed by atoms with Crippen LogP contribution in [0.15, 0.2) is 66.7 Å². The van der Waals surface area contributed by atoms with Crippen LogP contribution in [-0.2, 0) is 0 Å². The molecule has 3 heteroatoms. The molecule has 3 rings (SSSR count). The fraction of sp³-hybridized carbons (Fsp3) is 0.238. The fourth-order valence-electron chi connectivity index (χ4n) is 2.63. The van der Waals surface area contributed by atoms with E-state index in [0.717, 1.165) is 35.5 Å². The second-order valence-corrected chi connectivity index (χ2v) is 5.53. The molecule has 0 fully saturated rings. The third-order valence-electron chi connectivity index (χ3n) is 3.87. The Morgan fingerprint density at radius 1 is 0.625 bits per heavy atom. The minimum absolute atomic E-state index is 0.652. The zero-order valence-corrected chi connectivity index (χ0v) is 13.9. The van der Waals surface area contributed by atoms with E-state index in [1.807, 2.05) is 48.5 Å². The van der Waals surface area contributed by atoms with Crippen molar-refractivity contribution in [2.45, 2.75) is 12.8 Å². The summed E-state index contributed by atoms with van der Waals surface area (Å²) in [6.45, 7) is 1.34. The second kappa shape index (κ2) is 8.25. The maximum Gasteiger partial charge on any atom is 0.161 e. The molecular formula is C21H22O3. The van der Waals surface area contributed by atoms with Gasteiger partial charge in [0.05, 0.1) is 20.3 Å². The molecule has 0 saturated carbocycles. The number of benzene rings is 3. The highest BCUT2D eigenvalue weighted by Crippen LogP contribution is 2.26. The van der Waals surface area contributed by atoms with Crippen molar-refractivity contribution in [3.63, 3.8) is 0 Å². The fourth-order valence-corrected chi connectivity index (χ4v) is 2.63. The molecule has 3 aromatic rings. The molecule has 0 atom stereocenters. The molecule has 3 aromatic carbocycles. The van der Waals surface area contributed by atoms with Crippen LogP contribution in [0.4, 0.5) is 0 Å². The van der Waals surface area contributed by atoms with E-state index in [4.69, 9.17) is 14.2 Å². The molecule has 124 valence electrons. The number of rotatable bonds is 8. The number of hydrogen-bond acceptors (Lipinski definition) is 3. The molecule has 24 heavy (non-hydrogen) atoms. The predicted molar refractivity (Wildman–Crippen MR) is 97.2 cm³/mol. The lowest BCUT2D eigenvalue weighted by Crippen LogP contribution is -2.03. The first-order valence-corrected chi connectivity index (χ1v) is 8.25. The Bertz CT molecular complexity index is 777. The lowest BCUT2D eigenvalue weighted by atomic mass is 10.1. The Hall–Kier alpha value is -2.68. The van der Waals surface area contributed by atoms with Crippen LogP contribution in [0.25, 0.3) is 10.8 Å². The van der Waals surface area contributed by atoms with Gasteiger partial charge in [0.15, 0.2) is 11.5 Å². The van der Waals surface area contributed by atoms with E-state index in [9.17, 15) is 0 Å². The smallest absolute Gasteiger partial charge is 0.161 e. The lowest BCUT2D eigenvalue weighted by Gasteiger charge is -2.11. The molecule has 3 nitrogen and oxygen atoms in total. The van der Waals surface area contributed by atoms with Crippen LogP contribution in [0.2, 0.25) is 0 Å². The van der Waals surface area contributed by atoms with Gasteiger partial charge in [0.25, 0.3) is 0 Å². The summed E-state index contributed by atoms with van der Waals surface area (Å²) in [6, 6.07) is 22.1. The Morgan fingerprint density at radius 2 is 1.21 bits per heavy atom. The zero-order valence-electron chi connectivity index (χ0n) is 13.9. The van der Waals surface area contributed by atoms with Gasteiger partial charge in [-0.2, -0.15) is 0 Å². The van der Waals surface area contributed by atoms with Crippen molar-refractivity contribution in [3.8, 4) is 17.2 Å². The molecule has 0 aromatic heterocycles. The number of unbranched alkanes of at least 4 members (excludes halogenated alkanes) is 1. The van der Waals surface area contributed by atoms with Crippen molar-refractivity contribution >= 4 is 10.8 Å². The number of methoxy groups -OCH3 is 1. The standard InChI is InChI=1S/C21H22O3/c1-22-20-12-4-5-13-21(20)24-16-7-6-15-23-19-14-8-10-17-9-2-3-11-18(17)19/h2-5,8-14H,6-7,15-16H2,1H3. The SMILES string of the molecule is COc1ccccc1OCCCCOc1cccc2ccccc12. The molecule has 0 aliphatic heterocycles. The van der Waals surface area contributed by atoms with Gasteiger partial charge in [-0.25, -0.2) is 0 Å². The van der Waals surface area contributed by atoms with E-state index < -0.39 is 0 Å². The predicted octanol–water partition coefficient (Wildman–Crippen LogP) is 5.09. The summed E-state index contributed by atoms with van der Waals surface area (Å²) < 4.78 is 17.0. The van der Waals surface area contributed by atoms with Crippen LogP contribution < -0.4 is 14.2 Å². The average molecular weight is 322 g/mol. The lowest BCUT2D eigenvalue weighted by molar-refractivity contribution is 0.259. The first kappa shape index (κ1) is 16.2. The minimum atomic E-state index is 0.652. The van der Waals surface area contributed by atoms with Gasteiger partial charge in [-0.3, -0.25) is 0 Å². The highest BCUT2D eigenvalue weighted by Gasteiger charge is 2.03. The molecule has 0 bridgehead atoms. The van der Waals surface area contributed by atoms with Crippen molar-refractivity contribution in [2.24, 2.45) is 0 Å². The van der Waals surface area contributed by atoms with Gasteiger partial charge in [0.2, 0.25) is 0 Å². The molecule has 0 aliphatic rings. The molecule has 0 N–H and O–H groups in total. The van der Waals surface area contributed by atoms with Crippen LogP contribution in [0.1, 0.15) is 12.8 Å². The van der Waals surface area contributed by atoms with Gasteiger partial charge >= 0.3 is 0 Å². The van der Waals surface area contributed by atoms with E-state index >= 15 is 0 Å². The van der Waals surface area contributed by atoms with Gasteiger partial charge in [0, 0.05) is 5.39 Å². The van der Waals surface area contributed by atoms with Gasteiger partial charge < -0.3 is 14.2 Å². The van der Waals surface area contributed by atoms with E-state index in [1.54, 1.807) is 7.11 Å². The Kier molecular flexibility index (Phi) is 5.56. The highest BCUT2D eigenvalue weighted by molar-refractivity contribution is 5.88. The van der Waals surface area contributed by atoms with Crippen molar-refractivity contribution in [3.05, 3.63) is 66.7 Å². The van der Waals surface area contributed by atoms with E-state index in [2.05, 4.69) is 18.2 Å². The molecule has 0 amide bonds. The molecule has 0 unspecified atom stereocenters. The maximum absolute atomic E-state index is 5.94. The second-order valence-electron chi connectivity index (χ2n) is 5.53. The topological polar surface area (TPSA) is 27.7 Å². The summed E-state index contributed by atoms with van der Waals surface area (Å²) in [6.07, 6.45) is 1.88. The largest absolute Gasteiger partial charge is 0.493 e. The van der Waals surface area contributed by atoms with E-state index in [-0.39, 0.29) is 0 Å². The van der Waals surface area contributed by atoms with Crippen LogP contribution in [-0.4, -0.2) is 20.3 Å². The molecule has 0 heterocycles. The van der Waals surface area contributed by atoms with Crippen LogP contribution in [0, 0.1) is 0 Å². The quantitative estimate of drug-likeness (QED) is 0.541. The summed E-state index contributed by atoms with van der Waals surface area (Å²) in [5.41, 5.74) is 0. The van der Waals surface area contributed by atoms with E-state index in [0.29, 0.717) is 13.2 Å². The summed E-state index contributed by atoms with van der Waals surface area (Å²) >= 11 is 0. The first-order chi connectivity index (χ1) is 11.9. The number of fused-ring (bicyclic) bond motifs is 1. The zero-order chi connectivity index (χ0) is 16.6. The summed E-state index contributed by atoms with van der Waals surface area (Å²) in [5.74, 6) is 2.50. The minimum Gasteiger partial charge on any atom is -0.493 e. The van der Waals surface area contributed by atoms with E-state index in [1.165, 1.54) is 5.39 Å². The number of hydrogen-bond donors (Lipinski definition) is 0. The third-order valence-corrected chi connectivity index (χ3v) is 3.87. The third kappa shape index (κ3) is 3.99.